The highest BCUT2D eigenvalue weighted by molar-refractivity contribution is 5.66. The number of H-pyrrole nitrogens is 1. The molecule has 0 aliphatic carbocycles. The van der Waals surface area contributed by atoms with E-state index in [0.29, 0.717) is 11.6 Å². The fourth-order valence-corrected chi connectivity index (χ4v) is 1.50. The minimum atomic E-state index is 0.224. The molecule has 0 bridgehead atoms. The van der Waals surface area contributed by atoms with E-state index in [1.165, 1.54) is 0 Å². The molecule has 0 saturated heterocycles. The van der Waals surface area contributed by atoms with Crippen LogP contribution in [0.15, 0.2) is 12.3 Å². The highest BCUT2D eigenvalue weighted by Gasteiger charge is 2.10. The number of rotatable bonds is 2. The van der Waals surface area contributed by atoms with Gasteiger partial charge in [0.05, 0.1) is 0 Å². The molecule has 0 saturated carbocycles. The van der Waals surface area contributed by atoms with Crippen LogP contribution in [0.5, 0.6) is 0 Å². The molecule has 0 spiro atoms. The zero-order valence-corrected chi connectivity index (χ0v) is 8.36. The standard InChI is InChI=1S/C9H12N6/c1-2-5-6(3-4-12-7(5)10)8-13-9(11)15-14-8/h3-4H,2H2,1H3,(H2,10,12)(H3,11,13,14,15). The molecule has 6 heteroatoms. The molecule has 0 radical (unpaired) electrons. The molecule has 0 fully saturated rings. The van der Waals surface area contributed by atoms with E-state index >= 15 is 0 Å². The third-order valence-electron chi connectivity index (χ3n) is 2.20. The van der Waals surface area contributed by atoms with Crippen LogP contribution < -0.4 is 11.5 Å². The molecular formula is C9H12N6. The van der Waals surface area contributed by atoms with Gasteiger partial charge in [-0.3, -0.25) is 5.10 Å². The summed E-state index contributed by atoms with van der Waals surface area (Å²) in [5.74, 6) is 1.37. The molecule has 0 unspecified atom stereocenters. The average Bonchev–Trinajstić information content (AvgIpc) is 2.64. The van der Waals surface area contributed by atoms with Crippen molar-refractivity contribution in [1.82, 2.24) is 20.2 Å². The molecule has 5 N–H and O–H groups in total. The largest absolute Gasteiger partial charge is 0.383 e. The lowest BCUT2D eigenvalue weighted by Gasteiger charge is -2.06. The van der Waals surface area contributed by atoms with Crippen LogP contribution in [0.2, 0.25) is 0 Å². The monoisotopic (exact) mass is 204 g/mol. The van der Waals surface area contributed by atoms with Crippen molar-refractivity contribution in [2.75, 3.05) is 11.5 Å². The Morgan fingerprint density at radius 1 is 1.40 bits per heavy atom. The predicted octanol–water partition coefficient (Wildman–Crippen LogP) is 0.594. The Balaban J connectivity index is 2.57. The smallest absolute Gasteiger partial charge is 0.239 e. The Bertz CT molecular complexity index is 475. The van der Waals surface area contributed by atoms with E-state index in [4.69, 9.17) is 11.5 Å². The molecule has 0 amide bonds. The van der Waals surface area contributed by atoms with Crippen LogP contribution in [-0.2, 0) is 6.42 Å². The maximum atomic E-state index is 5.77. The molecule has 2 aromatic heterocycles. The molecule has 78 valence electrons. The highest BCUT2D eigenvalue weighted by Crippen LogP contribution is 2.23. The first-order chi connectivity index (χ1) is 7.22. The number of aromatic nitrogens is 4. The van der Waals surface area contributed by atoms with Crippen molar-refractivity contribution in [2.45, 2.75) is 13.3 Å². The number of anilines is 2. The van der Waals surface area contributed by atoms with Crippen LogP contribution in [0.4, 0.5) is 11.8 Å². The minimum Gasteiger partial charge on any atom is -0.383 e. The van der Waals surface area contributed by atoms with Crippen molar-refractivity contribution in [1.29, 1.82) is 0 Å². The number of hydrogen-bond donors (Lipinski definition) is 3. The summed E-state index contributed by atoms with van der Waals surface area (Å²) in [6.07, 6.45) is 2.43. The van der Waals surface area contributed by atoms with Crippen molar-refractivity contribution in [3.8, 4) is 11.4 Å². The van der Waals surface area contributed by atoms with Crippen LogP contribution in [0.25, 0.3) is 11.4 Å². The van der Waals surface area contributed by atoms with E-state index < -0.39 is 0 Å². The molecule has 2 aromatic rings. The molecule has 0 aliphatic heterocycles. The van der Waals surface area contributed by atoms with E-state index in [9.17, 15) is 0 Å². The Kier molecular flexibility index (Phi) is 2.24. The first kappa shape index (κ1) is 9.45. The van der Waals surface area contributed by atoms with Gasteiger partial charge in [0.1, 0.15) is 5.82 Å². The number of nitrogen functional groups attached to an aromatic ring is 2. The van der Waals surface area contributed by atoms with Gasteiger partial charge in [-0.25, -0.2) is 4.98 Å². The van der Waals surface area contributed by atoms with E-state index in [0.717, 1.165) is 17.5 Å². The predicted molar refractivity (Wildman–Crippen MR) is 57.8 cm³/mol. The first-order valence-electron chi connectivity index (χ1n) is 4.64. The van der Waals surface area contributed by atoms with E-state index in [1.807, 2.05) is 13.0 Å². The number of aromatic amines is 1. The lowest BCUT2D eigenvalue weighted by Crippen LogP contribution is -1.99. The van der Waals surface area contributed by atoms with Gasteiger partial charge in [-0.1, -0.05) is 6.92 Å². The number of nitrogens with zero attached hydrogens (tertiary/aromatic N) is 3. The van der Waals surface area contributed by atoms with Crippen molar-refractivity contribution in [3.05, 3.63) is 17.8 Å². The Hall–Kier alpha value is -2.11. The second kappa shape index (κ2) is 3.56. The zero-order chi connectivity index (χ0) is 10.8. The van der Waals surface area contributed by atoms with E-state index in [2.05, 4.69) is 20.2 Å². The fourth-order valence-electron chi connectivity index (χ4n) is 1.50. The van der Waals surface area contributed by atoms with Crippen LogP contribution >= 0.6 is 0 Å². The molecule has 15 heavy (non-hydrogen) atoms. The Labute approximate surface area is 86.7 Å². The van der Waals surface area contributed by atoms with Gasteiger partial charge in [0.15, 0.2) is 5.82 Å². The van der Waals surface area contributed by atoms with Crippen molar-refractivity contribution in [3.63, 3.8) is 0 Å². The third kappa shape index (κ3) is 1.61. The second-order valence-electron chi connectivity index (χ2n) is 3.12. The number of hydrogen-bond acceptors (Lipinski definition) is 5. The number of nitrogens with one attached hydrogen (secondary N) is 1. The number of nitrogens with two attached hydrogens (primary N) is 2. The summed E-state index contributed by atoms with van der Waals surface area (Å²) in [5.41, 5.74) is 13.1. The minimum absolute atomic E-state index is 0.224. The molecule has 0 aliphatic rings. The Morgan fingerprint density at radius 3 is 2.80 bits per heavy atom. The van der Waals surface area contributed by atoms with Crippen molar-refractivity contribution in [2.24, 2.45) is 0 Å². The molecule has 6 nitrogen and oxygen atoms in total. The normalized spacial score (nSPS) is 10.5. The first-order valence-corrected chi connectivity index (χ1v) is 4.64. The molecule has 2 heterocycles. The third-order valence-corrected chi connectivity index (χ3v) is 2.20. The Morgan fingerprint density at radius 2 is 2.20 bits per heavy atom. The van der Waals surface area contributed by atoms with Crippen LogP contribution in [0.1, 0.15) is 12.5 Å². The maximum absolute atomic E-state index is 5.77. The summed E-state index contributed by atoms with van der Waals surface area (Å²) in [7, 11) is 0. The molecular weight excluding hydrogens is 192 g/mol. The average molecular weight is 204 g/mol. The molecule has 0 aromatic carbocycles. The lowest BCUT2D eigenvalue weighted by molar-refractivity contribution is 1.08. The van der Waals surface area contributed by atoms with Gasteiger partial charge in [-0.2, -0.15) is 4.98 Å². The molecule has 0 atom stereocenters. The summed E-state index contributed by atoms with van der Waals surface area (Å²) in [4.78, 5) is 8.09. The summed E-state index contributed by atoms with van der Waals surface area (Å²) in [6, 6.07) is 1.84. The van der Waals surface area contributed by atoms with Crippen LogP contribution in [-0.4, -0.2) is 20.2 Å². The van der Waals surface area contributed by atoms with Crippen LogP contribution in [0.3, 0.4) is 0 Å². The maximum Gasteiger partial charge on any atom is 0.239 e. The SMILES string of the molecule is CCc1c(-c2nc(N)n[nH]2)ccnc1N. The zero-order valence-electron chi connectivity index (χ0n) is 8.36. The summed E-state index contributed by atoms with van der Waals surface area (Å²) >= 11 is 0. The topological polar surface area (TPSA) is 106 Å². The van der Waals surface area contributed by atoms with Gasteiger partial charge in [0, 0.05) is 17.3 Å². The fraction of sp³-hybridized carbons (Fsp3) is 0.222. The van der Waals surface area contributed by atoms with Crippen molar-refractivity contribution < 1.29 is 0 Å². The molecule has 2 rings (SSSR count). The van der Waals surface area contributed by atoms with Crippen LogP contribution in [0, 0.1) is 0 Å². The number of pyridine rings is 1. The lowest BCUT2D eigenvalue weighted by atomic mass is 10.1. The summed E-state index contributed by atoms with van der Waals surface area (Å²) < 4.78 is 0. The second-order valence-corrected chi connectivity index (χ2v) is 3.12. The van der Waals surface area contributed by atoms with Gasteiger partial charge in [0.2, 0.25) is 5.95 Å². The van der Waals surface area contributed by atoms with Gasteiger partial charge in [-0.15, -0.1) is 5.10 Å². The van der Waals surface area contributed by atoms with Crippen molar-refractivity contribution >= 4 is 11.8 Å². The van der Waals surface area contributed by atoms with Gasteiger partial charge in [0.25, 0.3) is 0 Å². The van der Waals surface area contributed by atoms with Gasteiger partial charge < -0.3 is 11.5 Å². The van der Waals surface area contributed by atoms with E-state index in [1.54, 1.807) is 6.20 Å². The summed E-state index contributed by atoms with van der Waals surface area (Å²) in [6.45, 7) is 2.01. The van der Waals surface area contributed by atoms with Gasteiger partial charge in [-0.05, 0) is 12.5 Å². The quantitative estimate of drug-likeness (QED) is 0.663. The summed E-state index contributed by atoms with van der Waals surface area (Å²) in [5, 5.41) is 6.53. The highest BCUT2D eigenvalue weighted by atomic mass is 15.3. The van der Waals surface area contributed by atoms with E-state index in [-0.39, 0.29) is 5.95 Å². The van der Waals surface area contributed by atoms with Gasteiger partial charge >= 0.3 is 0 Å².